The van der Waals surface area contributed by atoms with Crippen molar-refractivity contribution in [2.75, 3.05) is 29.9 Å². The van der Waals surface area contributed by atoms with Crippen LogP contribution in [0, 0.1) is 0 Å². The Labute approximate surface area is 102 Å². The zero-order valence-electron chi connectivity index (χ0n) is 10.4. The summed E-state index contributed by atoms with van der Waals surface area (Å²) >= 11 is 0. The number of hydrogen-bond acceptors (Lipinski definition) is 4. The molecule has 2 saturated heterocycles. The lowest BCUT2D eigenvalue weighted by Gasteiger charge is -2.55. The monoisotopic (exact) mass is 233 g/mol. The van der Waals surface area contributed by atoms with Gasteiger partial charge in [-0.1, -0.05) is 6.07 Å². The largest absolute Gasteiger partial charge is 0.371 e. The molecule has 0 unspecified atom stereocenters. The van der Waals surface area contributed by atoms with Crippen LogP contribution in [0.4, 0.5) is 11.6 Å². The Morgan fingerprint density at radius 3 is 2.76 bits per heavy atom. The molecule has 0 atom stereocenters. The van der Waals surface area contributed by atoms with Gasteiger partial charge in [0.1, 0.15) is 17.2 Å². The molecule has 1 spiro atoms. The van der Waals surface area contributed by atoms with Crippen molar-refractivity contribution >= 4 is 11.6 Å². The maximum atomic E-state index is 5.62. The van der Waals surface area contributed by atoms with Crippen LogP contribution in [-0.4, -0.2) is 36.3 Å². The van der Waals surface area contributed by atoms with E-state index in [0.29, 0.717) is 6.04 Å². The van der Waals surface area contributed by atoms with Crippen molar-refractivity contribution in [3.63, 3.8) is 0 Å². The third-order valence-electron chi connectivity index (χ3n) is 3.42. The fourth-order valence-electron chi connectivity index (χ4n) is 2.43. The highest BCUT2D eigenvalue weighted by Crippen LogP contribution is 2.38. The Bertz CT molecular complexity index is 407. The van der Waals surface area contributed by atoms with Gasteiger partial charge in [0.15, 0.2) is 0 Å². The Morgan fingerprint density at radius 2 is 2.18 bits per heavy atom. The average Bonchev–Trinajstić information content (AvgIpc) is 2.12. The summed E-state index contributed by atoms with van der Waals surface area (Å²) in [5.74, 6) is 2.00. The molecule has 0 radical (unpaired) electrons. The van der Waals surface area contributed by atoms with E-state index in [1.165, 1.54) is 6.42 Å². The molecule has 0 aliphatic carbocycles. The zero-order chi connectivity index (χ0) is 11.9. The van der Waals surface area contributed by atoms with Gasteiger partial charge >= 0.3 is 0 Å². The molecular weight excluding hydrogens is 214 g/mol. The van der Waals surface area contributed by atoms with Crippen LogP contribution in [0.5, 0.6) is 0 Å². The highest BCUT2D eigenvalue weighted by atomic mass is 16.5. The van der Waals surface area contributed by atoms with E-state index in [4.69, 9.17) is 4.74 Å². The van der Waals surface area contributed by atoms with Gasteiger partial charge in [-0.25, -0.2) is 4.98 Å². The van der Waals surface area contributed by atoms with Gasteiger partial charge in [0.05, 0.1) is 19.7 Å². The first kappa shape index (κ1) is 10.8. The molecule has 0 amide bonds. The highest BCUT2D eigenvalue weighted by molar-refractivity contribution is 5.50. The van der Waals surface area contributed by atoms with Crippen molar-refractivity contribution in [2.24, 2.45) is 0 Å². The van der Waals surface area contributed by atoms with E-state index in [2.05, 4.69) is 41.2 Å². The van der Waals surface area contributed by atoms with Crippen molar-refractivity contribution in [1.29, 1.82) is 0 Å². The lowest BCUT2D eigenvalue weighted by atomic mass is 9.86. The first-order valence-corrected chi connectivity index (χ1v) is 6.29. The number of pyridine rings is 1. The number of hydrogen-bond donors (Lipinski definition) is 1. The number of nitrogens with zero attached hydrogens (tertiary/aromatic N) is 2. The molecular formula is C13H19N3O. The number of anilines is 2. The van der Waals surface area contributed by atoms with Gasteiger partial charge in [0.2, 0.25) is 0 Å². The van der Waals surface area contributed by atoms with Crippen LogP contribution < -0.4 is 10.2 Å². The van der Waals surface area contributed by atoms with E-state index < -0.39 is 0 Å². The van der Waals surface area contributed by atoms with Gasteiger partial charge in [-0.05, 0) is 26.0 Å². The quantitative estimate of drug-likeness (QED) is 0.865. The topological polar surface area (TPSA) is 37.4 Å². The molecule has 17 heavy (non-hydrogen) atoms. The van der Waals surface area contributed by atoms with Crippen LogP contribution in [0.15, 0.2) is 18.2 Å². The smallest absolute Gasteiger partial charge is 0.131 e. The van der Waals surface area contributed by atoms with Gasteiger partial charge in [-0.3, -0.25) is 0 Å². The van der Waals surface area contributed by atoms with Crippen LogP contribution in [0.25, 0.3) is 0 Å². The predicted molar refractivity (Wildman–Crippen MR) is 68.5 cm³/mol. The molecule has 2 aliphatic rings. The second-order valence-corrected chi connectivity index (χ2v) is 5.32. The van der Waals surface area contributed by atoms with Gasteiger partial charge in [-0.15, -0.1) is 0 Å². The lowest BCUT2D eigenvalue weighted by Crippen LogP contribution is -2.68. The maximum absolute atomic E-state index is 5.62. The standard InChI is InChI=1S/C13H19N3O/c1-10(2)14-11-4-3-5-12(15-11)16-8-13(9-16)6-7-17-13/h3-5,10H,6-9H2,1-2H3,(H,14,15). The minimum Gasteiger partial charge on any atom is -0.371 e. The van der Waals surface area contributed by atoms with Crippen molar-refractivity contribution in [2.45, 2.75) is 31.9 Å². The van der Waals surface area contributed by atoms with Gasteiger partial charge < -0.3 is 15.0 Å². The van der Waals surface area contributed by atoms with Gasteiger partial charge in [-0.2, -0.15) is 0 Å². The second kappa shape index (κ2) is 3.88. The van der Waals surface area contributed by atoms with Gasteiger partial charge in [0.25, 0.3) is 0 Å². The van der Waals surface area contributed by atoms with E-state index in [0.717, 1.165) is 31.3 Å². The molecule has 4 nitrogen and oxygen atoms in total. The third kappa shape index (κ3) is 1.97. The second-order valence-electron chi connectivity index (χ2n) is 5.32. The Balaban J connectivity index is 1.67. The molecule has 0 bridgehead atoms. The fraction of sp³-hybridized carbons (Fsp3) is 0.615. The Morgan fingerprint density at radius 1 is 1.41 bits per heavy atom. The number of aromatic nitrogens is 1. The first-order chi connectivity index (χ1) is 8.17. The minimum atomic E-state index is 0.170. The predicted octanol–water partition coefficient (Wildman–Crippen LogP) is 1.88. The van der Waals surface area contributed by atoms with E-state index >= 15 is 0 Å². The molecule has 2 fully saturated rings. The number of rotatable bonds is 3. The summed E-state index contributed by atoms with van der Waals surface area (Å²) in [6.07, 6.45) is 1.20. The summed E-state index contributed by atoms with van der Waals surface area (Å²) in [6, 6.07) is 6.55. The SMILES string of the molecule is CC(C)Nc1cccc(N2CC3(CCO3)C2)n1. The summed E-state index contributed by atoms with van der Waals surface area (Å²) in [4.78, 5) is 6.90. The molecule has 1 aromatic rings. The molecule has 1 N–H and O–H groups in total. The summed E-state index contributed by atoms with van der Waals surface area (Å²) in [7, 11) is 0. The number of nitrogens with one attached hydrogen (secondary N) is 1. The van der Waals surface area contributed by atoms with E-state index in [1.54, 1.807) is 0 Å². The van der Waals surface area contributed by atoms with Crippen LogP contribution in [0.1, 0.15) is 20.3 Å². The van der Waals surface area contributed by atoms with Crippen molar-refractivity contribution in [1.82, 2.24) is 4.98 Å². The first-order valence-electron chi connectivity index (χ1n) is 6.29. The molecule has 92 valence electrons. The van der Waals surface area contributed by atoms with Crippen molar-refractivity contribution in [3.8, 4) is 0 Å². The molecule has 0 aromatic carbocycles. The van der Waals surface area contributed by atoms with Crippen LogP contribution in [0.2, 0.25) is 0 Å². The molecule has 3 rings (SSSR count). The maximum Gasteiger partial charge on any atom is 0.131 e. The van der Waals surface area contributed by atoms with E-state index in [1.807, 2.05) is 6.07 Å². The summed E-state index contributed by atoms with van der Waals surface area (Å²) in [5, 5.41) is 3.33. The number of ether oxygens (including phenoxy) is 1. The van der Waals surface area contributed by atoms with Crippen LogP contribution in [-0.2, 0) is 4.74 Å². The van der Waals surface area contributed by atoms with Crippen LogP contribution >= 0.6 is 0 Å². The summed E-state index contributed by atoms with van der Waals surface area (Å²) in [6.45, 7) is 7.15. The van der Waals surface area contributed by atoms with E-state index in [-0.39, 0.29) is 5.60 Å². The molecule has 2 aliphatic heterocycles. The Kier molecular flexibility index (Phi) is 2.47. The van der Waals surface area contributed by atoms with E-state index in [9.17, 15) is 0 Å². The lowest BCUT2D eigenvalue weighted by molar-refractivity contribution is -0.161. The average molecular weight is 233 g/mol. The highest BCUT2D eigenvalue weighted by Gasteiger charge is 2.49. The summed E-state index contributed by atoms with van der Waals surface area (Å²) in [5.41, 5.74) is 0.170. The summed E-state index contributed by atoms with van der Waals surface area (Å²) < 4.78 is 5.62. The molecule has 4 heteroatoms. The minimum absolute atomic E-state index is 0.170. The van der Waals surface area contributed by atoms with Crippen molar-refractivity contribution in [3.05, 3.63) is 18.2 Å². The van der Waals surface area contributed by atoms with Crippen molar-refractivity contribution < 1.29 is 4.74 Å². The molecule has 3 heterocycles. The third-order valence-corrected chi connectivity index (χ3v) is 3.42. The fourth-order valence-corrected chi connectivity index (χ4v) is 2.43. The van der Waals surface area contributed by atoms with Crippen LogP contribution in [0.3, 0.4) is 0 Å². The van der Waals surface area contributed by atoms with Gasteiger partial charge in [0, 0.05) is 12.5 Å². The Hall–Kier alpha value is -1.29. The molecule has 0 saturated carbocycles. The normalized spacial score (nSPS) is 21.2. The zero-order valence-corrected chi connectivity index (χ0v) is 10.4. The molecule has 1 aromatic heterocycles.